The summed E-state index contributed by atoms with van der Waals surface area (Å²) in [5, 5.41) is 11.5. The van der Waals surface area contributed by atoms with Gasteiger partial charge in [0, 0.05) is 13.0 Å². The van der Waals surface area contributed by atoms with Crippen LogP contribution < -0.4 is 10.1 Å². The van der Waals surface area contributed by atoms with Crippen molar-refractivity contribution in [3.05, 3.63) is 28.3 Å². The third kappa shape index (κ3) is 3.96. The molecule has 1 aromatic rings. The number of rotatable bonds is 6. The molecule has 4 nitrogen and oxygen atoms in total. The van der Waals surface area contributed by atoms with E-state index in [2.05, 4.69) is 19.2 Å². The fourth-order valence-electron chi connectivity index (χ4n) is 2.21. The van der Waals surface area contributed by atoms with E-state index in [9.17, 15) is 4.79 Å². The Bertz CT molecular complexity index is 455. The molecule has 0 spiro atoms. The van der Waals surface area contributed by atoms with E-state index in [0.717, 1.165) is 17.7 Å². The summed E-state index contributed by atoms with van der Waals surface area (Å²) >= 11 is 0. The highest BCUT2D eigenvalue weighted by atomic mass is 16.5. The van der Waals surface area contributed by atoms with Gasteiger partial charge in [-0.05, 0) is 55.5 Å². The first kappa shape index (κ1) is 15.5. The maximum Gasteiger partial charge on any atom is 0.222 e. The molecule has 2 N–H and O–H groups in total. The minimum absolute atomic E-state index is 0.106. The summed E-state index contributed by atoms with van der Waals surface area (Å²) in [6, 6.07) is 2.03. The third-order valence-electron chi connectivity index (χ3n) is 3.46. The van der Waals surface area contributed by atoms with Gasteiger partial charge in [0.2, 0.25) is 5.91 Å². The number of nitrogens with one attached hydrogen (secondary N) is 1. The number of hydrogen-bond donors (Lipinski definition) is 2. The molecular weight excluding hydrogens is 242 g/mol. The van der Waals surface area contributed by atoms with Crippen LogP contribution in [0.25, 0.3) is 0 Å². The second-order valence-corrected chi connectivity index (χ2v) is 4.70. The van der Waals surface area contributed by atoms with Crippen molar-refractivity contribution in [3.63, 3.8) is 0 Å². The van der Waals surface area contributed by atoms with Gasteiger partial charge in [-0.3, -0.25) is 4.79 Å². The van der Waals surface area contributed by atoms with Crippen molar-refractivity contribution >= 4 is 5.91 Å². The van der Waals surface area contributed by atoms with Gasteiger partial charge in [-0.25, -0.2) is 0 Å². The maximum absolute atomic E-state index is 11.3. The van der Waals surface area contributed by atoms with E-state index < -0.39 is 0 Å². The lowest BCUT2D eigenvalue weighted by Gasteiger charge is -2.16. The molecule has 0 heterocycles. The molecule has 0 fully saturated rings. The first-order valence-electron chi connectivity index (χ1n) is 6.52. The number of hydrogen-bond acceptors (Lipinski definition) is 3. The normalized spacial score (nSPS) is 10.4. The van der Waals surface area contributed by atoms with Gasteiger partial charge >= 0.3 is 0 Å². The van der Waals surface area contributed by atoms with Crippen LogP contribution in [0.4, 0.5) is 0 Å². The fraction of sp³-hybridized carbons (Fsp3) is 0.533. The second kappa shape index (κ2) is 7.14. The van der Waals surface area contributed by atoms with E-state index in [1.165, 1.54) is 16.7 Å². The monoisotopic (exact) mass is 265 g/mol. The van der Waals surface area contributed by atoms with Crippen molar-refractivity contribution < 1.29 is 14.6 Å². The molecule has 0 saturated heterocycles. The number of carbonyl (C=O) groups excluding carboxylic acids is 1. The number of methoxy groups -OCH3 is 1. The number of aliphatic hydroxyl groups is 1. The average Bonchev–Trinajstić information content (AvgIpc) is 2.38. The highest BCUT2D eigenvalue weighted by molar-refractivity contribution is 5.75. The Balaban J connectivity index is 2.74. The molecule has 0 saturated carbocycles. The number of amides is 1. The Kier molecular flexibility index (Phi) is 5.83. The van der Waals surface area contributed by atoms with Crippen molar-refractivity contribution in [1.82, 2.24) is 5.32 Å². The lowest BCUT2D eigenvalue weighted by Crippen LogP contribution is -2.26. The van der Waals surface area contributed by atoms with Crippen LogP contribution >= 0.6 is 0 Å². The van der Waals surface area contributed by atoms with E-state index in [4.69, 9.17) is 9.84 Å². The molecule has 0 aliphatic rings. The van der Waals surface area contributed by atoms with Crippen LogP contribution in [0.5, 0.6) is 5.75 Å². The van der Waals surface area contributed by atoms with Gasteiger partial charge in [-0.15, -0.1) is 0 Å². The van der Waals surface area contributed by atoms with E-state index in [-0.39, 0.29) is 18.9 Å². The standard InChI is InChI=1S/C15H23NO3/c1-10-9-14(19-4)12(3)11(2)13(10)5-7-16-15(18)6-8-17/h9,17H,5-8H2,1-4H3,(H,16,18). The molecule has 1 aromatic carbocycles. The molecular formula is C15H23NO3. The lowest BCUT2D eigenvalue weighted by atomic mass is 9.95. The second-order valence-electron chi connectivity index (χ2n) is 4.70. The Morgan fingerprint density at radius 3 is 2.58 bits per heavy atom. The zero-order valence-electron chi connectivity index (χ0n) is 12.2. The van der Waals surface area contributed by atoms with Crippen molar-refractivity contribution in [2.75, 3.05) is 20.3 Å². The summed E-state index contributed by atoms with van der Waals surface area (Å²) in [7, 11) is 1.68. The van der Waals surface area contributed by atoms with Crippen LogP contribution in [0.2, 0.25) is 0 Å². The first-order valence-corrected chi connectivity index (χ1v) is 6.52. The van der Waals surface area contributed by atoms with E-state index in [1.807, 2.05) is 13.0 Å². The Hall–Kier alpha value is -1.55. The summed E-state index contributed by atoms with van der Waals surface area (Å²) in [5.41, 5.74) is 4.79. The zero-order valence-corrected chi connectivity index (χ0v) is 12.2. The quantitative estimate of drug-likeness (QED) is 0.822. The highest BCUT2D eigenvalue weighted by Gasteiger charge is 2.10. The first-order chi connectivity index (χ1) is 9.01. The van der Waals surface area contributed by atoms with Crippen molar-refractivity contribution in [1.29, 1.82) is 0 Å². The fourth-order valence-corrected chi connectivity index (χ4v) is 2.21. The third-order valence-corrected chi connectivity index (χ3v) is 3.46. The maximum atomic E-state index is 11.3. The summed E-state index contributed by atoms with van der Waals surface area (Å²) in [6.07, 6.45) is 0.958. The zero-order chi connectivity index (χ0) is 14.4. The molecule has 0 aromatic heterocycles. The van der Waals surface area contributed by atoms with E-state index in [0.29, 0.717) is 6.54 Å². The number of ether oxygens (including phenoxy) is 1. The molecule has 1 rings (SSSR count). The number of benzene rings is 1. The number of aryl methyl sites for hydroxylation is 1. The molecule has 106 valence electrons. The van der Waals surface area contributed by atoms with Gasteiger partial charge < -0.3 is 15.2 Å². The molecule has 0 aliphatic carbocycles. The van der Waals surface area contributed by atoms with Crippen LogP contribution in [0, 0.1) is 20.8 Å². The van der Waals surface area contributed by atoms with Gasteiger partial charge in [0.05, 0.1) is 13.7 Å². The minimum Gasteiger partial charge on any atom is -0.496 e. The molecule has 0 unspecified atom stereocenters. The largest absolute Gasteiger partial charge is 0.496 e. The van der Waals surface area contributed by atoms with Crippen LogP contribution in [0.3, 0.4) is 0 Å². The highest BCUT2D eigenvalue weighted by Crippen LogP contribution is 2.27. The van der Waals surface area contributed by atoms with E-state index >= 15 is 0 Å². The Morgan fingerprint density at radius 1 is 1.32 bits per heavy atom. The summed E-state index contributed by atoms with van der Waals surface area (Å²) < 4.78 is 5.34. The summed E-state index contributed by atoms with van der Waals surface area (Å²) in [6.45, 7) is 6.66. The van der Waals surface area contributed by atoms with Crippen LogP contribution in [0.15, 0.2) is 6.07 Å². The summed E-state index contributed by atoms with van der Waals surface area (Å²) in [5.74, 6) is 0.797. The molecule has 1 amide bonds. The molecule has 0 aliphatic heterocycles. The molecule has 0 atom stereocenters. The number of aliphatic hydroxyl groups excluding tert-OH is 1. The van der Waals surface area contributed by atoms with Gasteiger partial charge in [0.25, 0.3) is 0 Å². The lowest BCUT2D eigenvalue weighted by molar-refractivity contribution is -0.121. The van der Waals surface area contributed by atoms with Gasteiger partial charge in [0.15, 0.2) is 0 Å². The van der Waals surface area contributed by atoms with Crippen LogP contribution in [-0.4, -0.2) is 31.3 Å². The van der Waals surface area contributed by atoms with Crippen LogP contribution in [0.1, 0.15) is 28.7 Å². The predicted molar refractivity (Wildman–Crippen MR) is 75.6 cm³/mol. The molecule has 19 heavy (non-hydrogen) atoms. The Morgan fingerprint density at radius 2 is 2.00 bits per heavy atom. The minimum atomic E-state index is -0.108. The topological polar surface area (TPSA) is 58.6 Å². The van der Waals surface area contributed by atoms with Crippen LogP contribution in [-0.2, 0) is 11.2 Å². The predicted octanol–water partition coefficient (Wildman–Crippen LogP) is 1.66. The summed E-state index contributed by atoms with van der Waals surface area (Å²) in [4.78, 5) is 11.3. The van der Waals surface area contributed by atoms with Crippen molar-refractivity contribution in [3.8, 4) is 5.75 Å². The molecule has 0 radical (unpaired) electrons. The van der Waals surface area contributed by atoms with Gasteiger partial charge in [-0.2, -0.15) is 0 Å². The van der Waals surface area contributed by atoms with Gasteiger partial charge in [-0.1, -0.05) is 0 Å². The Labute approximate surface area is 114 Å². The van der Waals surface area contributed by atoms with Crippen molar-refractivity contribution in [2.24, 2.45) is 0 Å². The molecule has 0 bridgehead atoms. The smallest absolute Gasteiger partial charge is 0.222 e. The van der Waals surface area contributed by atoms with Crippen molar-refractivity contribution in [2.45, 2.75) is 33.6 Å². The average molecular weight is 265 g/mol. The number of carbonyl (C=O) groups is 1. The van der Waals surface area contributed by atoms with E-state index in [1.54, 1.807) is 7.11 Å². The SMILES string of the molecule is COc1cc(C)c(CCNC(=O)CCO)c(C)c1C. The molecule has 4 heteroatoms. The van der Waals surface area contributed by atoms with Gasteiger partial charge in [0.1, 0.15) is 5.75 Å².